The fraction of sp³-hybridized carbons (Fsp3) is 0.308. The summed E-state index contributed by atoms with van der Waals surface area (Å²) in [5, 5.41) is 8.27. The van der Waals surface area contributed by atoms with Crippen LogP contribution in [0.4, 0.5) is 4.39 Å². The maximum absolute atomic E-state index is 13.8. The van der Waals surface area contributed by atoms with Crippen LogP contribution in [0.15, 0.2) is 65.1 Å². The first kappa shape index (κ1) is 24.7. The lowest BCUT2D eigenvalue weighted by Gasteiger charge is -2.25. The Morgan fingerprint density at radius 3 is 2.63 bits per heavy atom. The van der Waals surface area contributed by atoms with Crippen molar-refractivity contribution >= 4 is 23.0 Å². The van der Waals surface area contributed by atoms with Crippen LogP contribution in [0.2, 0.25) is 0 Å². The summed E-state index contributed by atoms with van der Waals surface area (Å²) in [4.78, 5) is 16.2. The first-order chi connectivity index (χ1) is 17.0. The van der Waals surface area contributed by atoms with Gasteiger partial charge < -0.3 is 14.2 Å². The molecule has 1 amide bonds. The summed E-state index contributed by atoms with van der Waals surface area (Å²) in [6.07, 6.45) is 0.599. The third-order valence-corrected chi connectivity index (χ3v) is 6.66. The number of nitrogens with zero attached hydrogens (tertiary/aromatic N) is 3. The van der Waals surface area contributed by atoms with E-state index in [1.807, 2.05) is 47.7 Å². The number of benzene rings is 2. The zero-order valence-corrected chi connectivity index (χ0v) is 20.8. The molecule has 0 N–H and O–H groups in total. The number of carbonyl (C=O) groups is 1. The summed E-state index contributed by atoms with van der Waals surface area (Å²) in [5.41, 5.74) is 1.79. The minimum absolute atomic E-state index is 0.135. The number of thiophene rings is 1. The van der Waals surface area contributed by atoms with Crippen molar-refractivity contribution in [3.05, 3.63) is 76.2 Å². The molecule has 0 radical (unpaired) electrons. The van der Waals surface area contributed by atoms with Crippen LogP contribution in [0.5, 0.6) is 17.2 Å². The highest BCUT2D eigenvalue weighted by molar-refractivity contribution is 7.12. The Morgan fingerprint density at radius 2 is 1.91 bits per heavy atom. The Hall–Kier alpha value is -3.43. The molecule has 2 aromatic carbocycles. The number of carbonyl (C=O) groups excluding carboxylic acids is 1. The second-order valence-electron chi connectivity index (χ2n) is 8.11. The van der Waals surface area contributed by atoms with E-state index in [2.05, 4.69) is 0 Å². The molecule has 0 fully saturated rings. The highest BCUT2D eigenvalue weighted by Crippen LogP contribution is 2.37. The van der Waals surface area contributed by atoms with Gasteiger partial charge in [-0.3, -0.25) is 9.69 Å². The Balaban J connectivity index is 1.46. The number of likely N-dealkylation sites (N-methyl/N-ethyl adjacent to an activating group) is 1. The Morgan fingerprint density at radius 1 is 1.11 bits per heavy atom. The summed E-state index contributed by atoms with van der Waals surface area (Å²) in [6.45, 7) is 0.857. The summed E-state index contributed by atoms with van der Waals surface area (Å²) in [7, 11) is 5.01. The molecular weight excluding hydrogens is 469 g/mol. The molecule has 7 nitrogen and oxygen atoms in total. The van der Waals surface area contributed by atoms with Gasteiger partial charge in [0.25, 0.3) is 5.91 Å². The van der Waals surface area contributed by atoms with Crippen LogP contribution in [0, 0.1) is 5.82 Å². The maximum atomic E-state index is 13.8. The topological polar surface area (TPSA) is 63.6 Å². The minimum atomic E-state index is -0.406. The number of halogens is 1. The van der Waals surface area contributed by atoms with E-state index in [1.54, 1.807) is 48.8 Å². The average molecular weight is 498 g/mol. The molecule has 0 spiro atoms. The van der Waals surface area contributed by atoms with Crippen molar-refractivity contribution in [1.29, 1.82) is 0 Å². The Bertz CT molecular complexity index is 1190. The molecule has 0 aliphatic carbocycles. The molecule has 0 unspecified atom stereocenters. The number of rotatable bonds is 10. The van der Waals surface area contributed by atoms with Crippen LogP contribution in [0.3, 0.4) is 0 Å². The largest absolute Gasteiger partial charge is 0.493 e. The van der Waals surface area contributed by atoms with E-state index in [0.29, 0.717) is 24.5 Å². The molecule has 1 aromatic heterocycles. The molecule has 3 aromatic rings. The van der Waals surface area contributed by atoms with E-state index >= 15 is 0 Å². The molecule has 184 valence electrons. The number of ether oxygens (including phenoxy) is 3. The van der Waals surface area contributed by atoms with Gasteiger partial charge in [-0.05, 0) is 48.3 Å². The van der Waals surface area contributed by atoms with Crippen molar-refractivity contribution in [3.8, 4) is 17.2 Å². The van der Waals surface area contributed by atoms with Gasteiger partial charge in [0.15, 0.2) is 23.1 Å². The third-order valence-electron chi connectivity index (χ3n) is 5.74. The van der Waals surface area contributed by atoms with Crippen molar-refractivity contribution in [1.82, 2.24) is 9.91 Å². The molecule has 1 aliphatic rings. The number of amides is 1. The number of hydrazone groups is 1. The van der Waals surface area contributed by atoms with E-state index < -0.39 is 5.82 Å². The summed E-state index contributed by atoms with van der Waals surface area (Å²) < 4.78 is 30.1. The van der Waals surface area contributed by atoms with Crippen molar-refractivity contribution in [3.63, 3.8) is 0 Å². The molecule has 1 atom stereocenters. The van der Waals surface area contributed by atoms with Crippen LogP contribution < -0.4 is 14.2 Å². The van der Waals surface area contributed by atoms with Crippen molar-refractivity contribution in [2.24, 2.45) is 5.10 Å². The predicted octanol–water partition coefficient (Wildman–Crippen LogP) is 4.59. The molecule has 0 saturated heterocycles. The molecule has 35 heavy (non-hydrogen) atoms. The van der Waals surface area contributed by atoms with Gasteiger partial charge >= 0.3 is 0 Å². The van der Waals surface area contributed by atoms with Crippen LogP contribution in [0.25, 0.3) is 0 Å². The van der Waals surface area contributed by atoms with Crippen molar-refractivity contribution < 1.29 is 23.4 Å². The fourth-order valence-electron chi connectivity index (χ4n) is 3.91. The first-order valence-electron chi connectivity index (χ1n) is 11.2. The SMILES string of the molecule is COc1ccc([C@H]2CC(c3cccs3)=NN2C(=O)CN(C)CCOc2ccccc2F)cc1OC. The minimum Gasteiger partial charge on any atom is -0.493 e. The molecule has 9 heteroatoms. The van der Waals surface area contributed by atoms with E-state index in [9.17, 15) is 9.18 Å². The zero-order valence-electron chi connectivity index (χ0n) is 19.9. The second kappa shape index (κ2) is 11.3. The number of para-hydroxylation sites is 1. The van der Waals surface area contributed by atoms with Gasteiger partial charge in [-0.15, -0.1) is 11.3 Å². The number of hydrogen-bond acceptors (Lipinski definition) is 7. The van der Waals surface area contributed by atoms with E-state index in [1.165, 1.54) is 6.07 Å². The van der Waals surface area contributed by atoms with E-state index in [4.69, 9.17) is 19.3 Å². The smallest absolute Gasteiger partial charge is 0.257 e. The number of hydrogen-bond donors (Lipinski definition) is 0. The van der Waals surface area contributed by atoms with Crippen LogP contribution in [0.1, 0.15) is 22.9 Å². The highest BCUT2D eigenvalue weighted by atomic mass is 32.1. The average Bonchev–Trinajstić information content (AvgIpc) is 3.55. The van der Waals surface area contributed by atoms with E-state index in [0.717, 1.165) is 16.2 Å². The molecule has 1 aliphatic heterocycles. The Labute approximate surface area is 208 Å². The first-order valence-corrected chi connectivity index (χ1v) is 12.1. The highest BCUT2D eigenvalue weighted by Gasteiger charge is 2.34. The van der Waals surface area contributed by atoms with Gasteiger partial charge in [0.2, 0.25) is 0 Å². The number of methoxy groups -OCH3 is 2. The standard InChI is InChI=1S/C26H28FN3O4S/c1-29(12-13-34-22-8-5-4-7-19(22)27)17-26(31)30-21(16-20(28-30)25-9-6-14-35-25)18-10-11-23(32-2)24(15-18)33-3/h4-11,14-15,21H,12-13,16-17H2,1-3H3/t21-/m1/s1. The van der Waals surface area contributed by atoms with Gasteiger partial charge in [-0.2, -0.15) is 5.10 Å². The lowest BCUT2D eigenvalue weighted by atomic mass is 10.0. The molecule has 2 heterocycles. The van der Waals surface area contributed by atoms with Crippen LogP contribution in [-0.4, -0.2) is 62.5 Å². The molecule has 4 rings (SSSR count). The van der Waals surface area contributed by atoms with Gasteiger partial charge in [-0.25, -0.2) is 9.40 Å². The van der Waals surface area contributed by atoms with Gasteiger partial charge in [0.05, 0.1) is 37.4 Å². The second-order valence-corrected chi connectivity index (χ2v) is 9.06. The molecule has 0 saturated carbocycles. The van der Waals surface area contributed by atoms with E-state index in [-0.39, 0.29) is 30.9 Å². The third kappa shape index (κ3) is 5.80. The predicted molar refractivity (Wildman–Crippen MR) is 134 cm³/mol. The van der Waals surface area contributed by atoms with Crippen LogP contribution in [-0.2, 0) is 4.79 Å². The lowest BCUT2D eigenvalue weighted by Crippen LogP contribution is -2.38. The molecule has 0 bridgehead atoms. The Kier molecular flexibility index (Phi) is 7.99. The molecular formula is C26H28FN3O4S. The van der Waals surface area contributed by atoms with Crippen LogP contribution >= 0.6 is 11.3 Å². The zero-order chi connectivity index (χ0) is 24.8. The monoisotopic (exact) mass is 497 g/mol. The lowest BCUT2D eigenvalue weighted by molar-refractivity contribution is -0.134. The normalized spacial score (nSPS) is 15.3. The van der Waals surface area contributed by atoms with Gasteiger partial charge in [-0.1, -0.05) is 24.3 Å². The summed E-state index contributed by atoms with van der Waals surface area (Å²) in [6, 6.07) is 15.7. The van der Waals surface area contributed by atoms with Gasteiger partial charge in [0.1, 0.15) is 6.61 Å². The summed E-state index contributed by atoms with van der Waals surface area (Å²) in [5.74, 6) is 0.886. The maximum Gasteiger partial charge on any atom is 0.257 e. The fourth-order valence-corrected chi connectivity index (χ4v) is 4.63. The quantitative estimate of drug-likeness (QED) is 0.410. The van der Waals surface area contributed by atoms with Crippen molar-refractivity contribution in [2.75, 3.05) is 41.0 Å². The summed E-state index contributed by atoms with van der Waals surface area (Å²) >= 11 is 1.60. The van der Waals surface area contributed by atoms with Crippen molar-refractivity contribution in [2.45, 2.75) is 12.5 Å². The van der Waals surface area contributed by atoms with Gasteiger partial charge in [0, 0.05) is 13.0 Å².